The lowest BCUT2D eigenvalue weighted by molar-refractivity contribution is -0.115. The van der Waals surface area contributed by atoms with Crippen molar-refractivity contribution in [2.24, 2.45) is 0 Å². The number of pyridine rings is 1. The Morgan fingerprint density at radius 3 is 2.79 bits per heavy atom. The van der Waals surface area contributed by atoms with Crippen molar-refractivity contribution in [3.63, 3.8) is 0 Å². The van der Waals surface area contributed by atoms with E-state index < -0.39 is 0 Å². The summed E-state index contributed by atoms with van der Waals surface area (Å²) in [6.07, 6.45) is 3.68. The van der Waals surface area contributed by atoms with Crippen LogP contribution in [0.3, 0.4) is 0 Å². The fourth-order valence-corrected chi connectivity index (χ4v) is 2.53. The molecule has 2 heterocycles. The molecule has 0 bridgehead atoms. The number of halogens is 1. The summed E-state index contributed by atoms with van der Waals surface area (Å²) < 4.78 is 12.2. The molecular weight excluding hydrogens is 330 g/mol. The summed E-state index contributed by atoms with van der Waals surface area (Å²) in [7, 11) is 3.11. The van der Waals surface area contributed by atoms with Crippen molar-refractivity contribution < 1.29 is 14.3 Å². The molecule has 1 N–H and O–H groups in total. The van der Waals surface area contributed by atoms with E-state index in [1.807, 2.05) is 0 Å². The number of anilines is 1. The molecule has 0 atom stereocenters. The van der Waals surface area contributed by atoms with Crippen LogP contribution in [0.4, 0.5) is 5.69 Å². The third-order valence-corrected chi connectivity index (χ3v) is 3.71. The predicted octanol–water partition coefficient (Wildman–Crippen LogP) is 3.19. The summed E-state index contributed by atoms with van der Waals surface area (Å²) >= 11 is 5.95. The first-order valence-corrected chi connectivity index (χ1v) is 7.62. The minimum atomic E-state index is -0.187. The molecule has 0 saturated heterocycles. The van der Waals surface area contributed by atoms with Crippen molar-refractivity contribution in [1.82, 2.24) is 9.38 Å². The molecule has 0 radical (unpaired) electrons. The first-order chi connectivity index (χ1) is 11.6. The maximum Gasteiger partial charge on any atom is 0.230 e. The van der Waals surface area contributed by atoms with Crippen LogP contribution in [0.5, 0.6) is 11.5 Å². The van der Waals surface area contributed by atoms with Crippen molar-refractivity contribution in [1.29, 1.82) is 0 Å². The van der Waals surface area contributed by atoms with Crippen LogP contribution in [0, 0.1) is 0 Å². The molecule has 0 aliphatic carbocycles. The second kappa shape index (κ2) is 6.80. The minimum Gasteiger partial charge on any atom is -0.497 e. The van der Waals surface area contributed by atoms with E-state index in [4.69, 9.17) is 21.1 Å². The van der Waals surface area contributed by atoms with Crippen LogP contribution in [-0.4, -0.2) is 29.5 Å². The quantitative estimate of drug-likeness (QED) is 0.771. The van der Waals surface area contributed by atoms with Gasteiger partial charge in [0.1, 0.15) is 17.1 Å². The highest BCUT2D eigenvalue weighted by atomic mass is 35.5. The van der Waals surface area contributed by atoms with E-state index in [1.165, 1.54) is 7.11 Å². The molecule has 1 amide bonds. The Morgan fingerprint density at radius 2 is 2.04 bits per heavy atom. The number of rotatable bonds is 5. The molecule has 0 spiro atoms. The largest absolute Gasteiger partial charge is 0.497 e. The zero-order chi connectivity index (χ0) is 17.1. The average molecular weight is 346 g/mol. The highest BCUT2D eigenvalue weighted by Crippen LogP contribution is 2.29. The normalized spacial score (nSPS) is 10.6. The van der Waals surface area contributed by atoms with Crippen LogP contribution in [-0.2, 0) is 11.2 Å². The average Bonchev–Trinajstić information content (AvgIpc) is 2.96. The van der Waals surface area contributed by atoms with Crippen molar-refractivity contribution in [2.75, 3.05) is 19.5 Å². The number of hydrogen-bond acceptors (Lipinski definition) is 4. The lowest BCUT2D eigenvalue weighted by Gasteiger charge is -2.11. The topological polar surface area (TPSA) is 64.9 Å². The Bertz CT molecular complexity index is 892. The number of carbonyl (C=O) groups is 1. The van der Waals surface area contributed by atoms with Crippen LogP contribution in [0.15, 0.2) is 42.7 Å². The first-order valence-electron chi connectivity index (χ1n) is 7.24. The number of fused-ring (bicyclic) bond motifs is 1. The summed E-state index contributed by atoms with van der Waals surface area (Å²) in [5, 5.41) is 3.43. The Kier molecular flexibility index (Phi) is 4.57. The summed E-state index contributed by atoms with van der Waals surface area (Å²) in [6, 6.07) is 8.76. The maximum absolute atomic E-state index is 12.3. The van der Waals surface area contributed by atoms with Gasteiger partial charge in [-0.25, -0.2) is 4.98 Å². The molecule has 2 aromatic heterocycles. The summed E-state index contributed by atoms with van der Waals surface area (Å²) in [6.45, 7) is 0. The fraction of sp³-hybridized carbons (Fsp3) is 0.176. The first kappa shape index (κ1) is 16.1. The van der Waals surface area contributed by atoms with Gasteiger partial charge < -0.3 is 19.2 Å². The van der Waals surface area contributed by atoms with E-state index >= 15 is 0 Å². The molecule has 7 heteroatoms. The second-order valence-electron chi connectivity index (χ2n) is 5.14. The van der Waals surface area contributed by atoms with Gasteiger partial charge in [0, 0.05) is 18.5 Å². The Labute approximate surface area is 144 Å². The number of aromatic nitrogens is 2. The van der Waals surface area contributed by atoms with Gasteiger partial charge in [-0.05, 0) is 24.3 Å². The van der Waals surface area contributed by atoms with Crippen LogP contribution < -0.4 is 14.8 Å². The van der Waals surface area contributed by atoms with E-state index in [-0.39, 0.29) is 12.3 Å². The number of methoxy groups -OCH3 is 2. The number of nitrogens with one attached hydrogen (secondary N) is 1. The van der Waals surface area contributed by atoms with Gasteiger partial charge in [0.2, 0.25) is 5.91 Å². The van der Waals surface area contributed by atoms with Crippen molar-refractivity contribution >= 4 is 28.8 Å². The lowest BCUT2D eigenvalue weighted by Crippen LogP contribution is -2.15. The number of ether oxygens (including phenoxy) is 2. The lowest BCUT2D eigenvalue weighted by atomic mass is 10.2. The highest BCUT2D eigenvalue weighted by molar-refractivity contribution is 6.30. The highest BCUT2D eigenvalue weighted by Gasteiger charge is 2.11. The molecule has 0 saturated carbocycles. The van der Waals surface area contributed by atoms with E-state index in [0.29, 0.717) is 27.9 Å². The molecule has 0 aliphatic heterocycles. The molecule has 6 nitrogen and oxygen atoms in total. The van der Waals surface area contributed by atoms with Crippen molar-refractivity contribution in [3.05, 3.63) is 53.4 Å². The van der Waals surface area contributed by atoms with E-state index in [2.05, 4.69) is 10.3 Å². The Hall–Kier alpha value is -2.73. The molecular formula is C17H16ClN3O3. The Morgan fingerprint density at radius 1 is 1.21 bits per heavy atom. The molecule has 3 aromatic rings. The molecule has 24 heavy (non-hydrogen) atoms. The minimum absolute atomic E-state index is 0.147. The van der Waals surface area contributed by atoms with Gasteiger partial charge in [0.25, 0.3) is 0 Å². The SMILES string of the molecule is COc1ccc(NC(=O)Cc2cn3cc(Cl)ccc3n2)c(OC)c1. The molecule has 0 unspecified atom stereocenters. The van der Waals surface area contributed by atoms with Crippen LogP contribution in [0.25, 0.3) is 5.65 Å². The van der Waals surface area contributed by atoms with Crippen LogP contribution in [0.2, 0.25) is 5.02 Å². The second-order valence-corrected chi connectivity index (χ2v) is 5.57. The number of hydrogen-bond donors (Lipinski definition) is 1. The standard InChI is InChI=1S/C17H16ClN3O3/c1-23-13-4-5-14(15(8-13)24-2)20-17(22)7-12-10-21-9-11(18)3-6-16(21)19-12/h3-6,8-10H,7H2,1-2H3,(H,20,22). The molecule has 0 fully saturated rings. The van der Waals surface area contributed by atoms with Gasteiger partial charge in [0.05, 0.1) is 37.0 Å². The summed E-state index contributed by atoms with van der Waals surface area (Å²) in [5.74, 6) is 1.000. The predicted molar refractivity (Wildman–Crippen MR) is 92.1 cm³/mol. The van der Waals surface area contributed by atoms with Crippen molar-refractivity contribution in [2.45, 2.75) is 6.42 Å². The van der Waals surface area contributed by atoms with E-state index in [9.17, 15) is 4.79 Å². The zero-order valence-corrected chi connectivity index (χ0v) is 14.0. The fourth-order valence-electron chi connectivity index (χ4n) is 2.36. The van der Waals surface area contributed by atoms with E-state index in [0.717, 1.165) is 5.65 Å². The van der Waals surface area contributed by atoms with E-state index in [1.54, 1.807) is 54.2 Å². The zero-order valence-electron chi connectivity index (χ0n) is 13.2. The number of benzene rings is 1. The van der Waals surface area contributed by atoms with Crippen molar-refractivity contribution in [3.8, 4) is 11.5 Å². The maximum atomic E-state index is 12.3. The van der Waals surface area contributed by atoms with Gasteiger partial charge in [-0.1, -0.05) is 11.6 Å². The summed E-state index contributed by atoms with van der Waals surface area (Å²) in [5.41, 5.74) is 1.97. The smallest absolute Gasteiger partial charge is 0.230 e. The number of amides is 1. The van der Waals surface area contributed by atoms with Gasteiger partial charge in [0.15, 0.2) is 0 Å². The third-order valence-electron chi connectivity index (χ3n) is 3.49. The molecule has 1 aromatic carbocycles. The molecule has 3 rings (SSSR count). The number of carbonyl (C=O) groups excluding carboxylic acids is 1. The Balaban J connectivity index is 1.75. The third kappa shape index (κ3) is 3.44. The molecule has 124 valence electrons. The molecule has 0 aliphatic rings. The van der Waals surface area contributed by atoms with Crippen LogP contribution >= 0.6 is 11.6 Å². The van der Waals surface area contributed by atoms with Gasteiger partial charge in [-0.2, -0.15) is 0 Å². The monoisotopic (exact) mass is 345 g/mol. The number of imidazole rings is 1. The number of nitrogens with zero attached hydrogens (tertiary/aromatic N) is 2. The van der Waals surface area contributed by atoms with Gasteiger partial charge in [-0.3, -0.25) is 4.79 Å². The van der Waals surface area contributed by atoms with Crippen LogP contribution in [0.1, 0.15) is 5.69 Å². The summed E-state index contributed by atoms with van der Waals surface area (Å²) in [4.78, 5) is 16.7. The van der Waals surface area contributed by atoms with Gasteiger partial charge in [-0.15, -0.1) is 0 Å². The van der Waals surface area contributed by atoms with Gasteiger partial charge >= 0.3 is 0 Å².